The first-order valence-corrected chi connectivity index (χ1v) is 7.51. The quantitative estimate of drug-likeness (QED) is 0.736. The molecule has 116 valence electrons. The fourth-order valence-electron chi connectivity index (χ4n) is 1.94. The Labute approximate surface area is 143 Å². The van der Waals surface area contributed by atoms with Crippen LogP contribution in [0.4, 0.5) is 10.1 Å². The number of amides is 1. The van der Waals surface area contributed by atoms with Crippen molar-refractivity contribution in [1.29, 1.82) is 0 Å². The highest BCUT2D eigenvalue weighted by Crippen LogP contribution is 2.26. The van der Waals surface area contributed by atoms with E-state index in [0.717, 1.165) is 10.5 Å². The molecule has 0 saturated heterocycles. The second-order valence-corrected chi connectivity index (χ2v) is 5.82. The van der Waals surface area contributed by atoms with Crippen molar-refractivity contribution >= 4 is 39.1 Å². The van der Waals surface area contributed by atoms with Crippen molar-refractivity contribution in [3.63, 3.8) is 0 Å². The van der Waals surface area contributed by atoms with Gasteiger partial charge in [-0.25, -0.2) is 4.39 Å². The molecule has 1 amide bonds. The van der Waals surface area contributed by atoms with Crippen LogP contribution in [0.5, 0.6) is 0 Å². The summed E-state index contributed by atoms with van der Waals surface area (Å²) in [5, 5.41) is 13.7. The Bertz CT molecular complexity index is 872. The fraction of sp³-hybridized carbons (Fsp3) is 0. The van der Waals surface area contributed by atoms with Gasteiger partial charge in [0.1, 0.15) is 12.1 Å². The van der Waals surface area contributed by atoms with Crippen molar-refractivity contribution in [1.82, 2.24) is 20.2 Å². The molecule has 0 spiro atoms. The van der Waals surface area contributed by atoms with E-state index >= 15 is 0 Å². The number of carbonyl (C=O) groups excluding carboxylic acids is 1. The lowest BCUT2D eigenvalue weighted by Crippen LogP contribution is -2.16. The Kier molecular flexibility index (Phi) is 4.35. The number of carbonyl (C=O) groups is 1. The van der Waals surface area contributed by atoms with Gasteiger partial charge < -0.3 is 5.32 Å². The van der Waals surface area contributed by atoms with Gasteiger partial charge in [-0.1, -0.05) is 27.5 Å². The van der Waals surface area contributed by atoms with Crippen molar-refractivity contribution in [2.45, 2.75) is 0 Å². The number of nitrogens with one attached hydrogen (secondary N) is 1. The molecule has 9 heteroatoms. The third-order valence-electron chi connectivity index (χ3n) is 2.98. The number of aromatic nitrogens is 4. The second-order valence-electron chi connectivity index (χ2n) is 4.49. The van der Waals surface area contributed by atoms with Gasteiger partial charge in [-0.3, -0.25) is 4.79 Å². The molecule has 1 N–H and O–H groups in total. The first-order valence-electron chi connectivity index (χ1n) is 6.34. The highest BCUT2D eigenvalue weighted by molar-refractivity contribution is 9.10. The standard InChI is InChI=1S/C14H8BrClFN5O/c15-8-1-3-12(11(16)5-8)19-14(23)10-6-9(17)2-4-13(10)22-7-18-20-21-22/h1-7H,(H,19,23). The van der Waals surface area contributed by atoms with Crippen LogP contribution in [0.2, 0.25) is 5.02 Å². The van der Waals surface area contributed by atoms with E-state index in [0.29, 0.717) is 16.4 Å². The Balaban J connectivity index is 1.97. The Hall–Kier alpha value is -2.32. The normalized spacial score (nSPS) is 10.6. The van der Waals surface area contributed by atoms with Gasteiger partial charge in [0.25, 0.3) is 5.91 Å². The van der Waals surface area contributed by atoms with Crippen LogP contribution < -0.4 is 5.32 Å². The number of rotatable bonds is 3. The molecule has 3 aromatic rings. The third kappa shape index (κ3) is 3.38. The number of halogens is 3. The summed E-state index contributed by atoms with van der Waals surface area (Å²) >= 11 is 9.36. The molecule has 0 fully saturated rings. The molecule has 0 bridgehead atoms. The highest BCUT2D eigenvalue weighted by Gasteiger charge is 2.16. The van der Waals surface area contributed by atoms with Crippen molar-refractivity contribution < 1.29 is 9.18 Å². The molecule has 0 unspecified atom stereocenters. The van der Waals surface area contributed by atoms with Crippen LogP contribution in [0.25, 0.3) is 5.69 Å². The summed E-state index contributed by atoms with van der Waals surface area (Å²) < 4.78 is 15.6. The zero-order valence-corrected chi connectivity index (χ0v) is 13.7. The van der Waals surface area contributed by atoms with E-state index in [4.69, 9.17) is 11.6 Å². The predicted octanol–water partition coefficient (Wildman–Crippen LogP) is 3.47. The first-order chi connectivity index (χ1) is 11.0. The van der Waals surface area contributed by atoms with Gasteiger partial charge in [0.2, 0.25) is 0 Å². The smallest absolute Gasteiger partial charge is 0.258 e. The van der Waals surface area contributed by atoms with E-state index in [1.807, 2.05) is 0 Å². The highest BCUT2D eigenvalue weighted by atomic mass is 79.9. The average Bonchev–Trinajstić information content (AvgIpc) is 3.04. The minimum Gasteiger partial charge on any atom is -0.321 e. The van der Waals surface area contributed by atoms with Gasteiger partial charge in [-0.15, -0.1) is 5.10 Å². The molecule has 0 atom stereocenters. The lowest BCUT2D eigenvalue weighted by atomic mass is 10.1. The van der Waals surface area contributed by atoms with Crippen LogP contribution in [0.1, 0.15) is 10.4 Å². The number of anilines is 1. The number of benzene rings is 2. The minimum absolute atomic E-state index is 0.0799. The monoisotopic (exact) mass is 395 g/mol. The van der Waals surface area contributed by atoms with Crippen LogP contribution in [0.3, 0.4) is 0 Å². The van der Waals surface area contributed by atoms with Crippen LogP contribution >= 0.6 is 27.5 Å². The molecule has 2 aromatic carbocycles. The number of nitrogens with zero attached hydrogens (tertiary/aromatic N) is 4. The minimum atomic E-state index is -0.547. The van der Waals surface area contributed by atoms with Crippen LogP contribution in [-0.4, -0.2) is 26.1 Å². The van der Waals surface area contributed by atoms with Gasteiger partial charge in [-0.05, 0) is 46.8 Å². The molecule has 0 radical (unpaired) electrons. The van der Waals surface area contributed by atoms with Gasteiger partial charge >= 0.3 is 0 Å². The molecule has 1 aromatic heterocycles. The van der Waals surface area contributed by atoms with E-state index in [1.54, 1.807) is 18.2 Å². The Morgan fingerprint density at radius 2 is 2.09 bits per heavy atom. The first kappa shape index (κ1) is 15.6. The summed E-state index contributed by atoms with van der Waals surface area (Å²) in [6.45, 7) is 0. The maximum absolute atomic E-state index is 13.5. The number of hydrogen-bond donors (Lipinski definition) is 1. The summed E-state index contributed by atoms with van der Waals surface area (Å²) in [4.78, 5) is 12.5. The van der Waals surface area contributed by atoms with E-state index in [9.17, 15) is 9.18 Å². The van der Waals surface area contributed by atoms with E-state index in [1.165, 1.54) is 23.1 Å². The van der Waals surface area contributed by atoms with Crippen molar-refractivity contribution in [2.75, 3.05) is 5.32 Å². The van der Waals surface area contributed by atoms with Gasteiger partial charge in [0.05, 0.1) is 22.0 Å². The zero-order chi connectivity index (χ0) is 16.4. The summed E-state index contributed by atoms with van der Waals surface area (Å²) in [5.74, 6) is -1.08. The van der Waals surface area contributed by atoms with Crippen molar-refractivity contribution in [3.05, 3.63) is 63.6 Å². The summed E-state index contributed by atoms with van der Waals surface area (Å²) in [6, 6.07) is 8.77. The third-order valence-corrected chi connectivity index (χ3v) is 3.78. The topological polar surface area (TPSA) is 72.7 Å². The lowest BCUT2D eigenvalue weighted by molar-refractivity contribution is 0.102. The largest absolute Gasteiger partial charge is 0.321 e. The van der Waals surface area contributed by atoms with Crippen LogP contribution in [-0.2, 0) is 0 Å². The van der Waals surface area contributed by atoms with Crippen LogP contribution in [0, 0.1) is 5.82 Å². The summed E-state index contributed by atoms with van der Waals surface area (Å²) in [6.07, 6.45) is 1.32. The molecule has 0 aliphatic rings. The van der Waals surface area contributed by atoms with Crippen molar-refractivity contribution in [3.8, 4) is 5.69 Å². The number of hydrogen-bond acceptors (Lipinski definition) is 4. The average molecular weight is 397 g/mol. The van der Waals surface area contributed by atoms with E-state index < -0.39 is 11.7 Å². The SMILES string of the molecule is O=C(Nc1ccc(Br)cc1Cl)c1cc(F)ccc1-n1cnnn1. The number of tetrazole rings is 1. The molecule has 0 aliphatic heterocycles. The molecule has 23 heavy (non-hydrogen) atoms. The summed E-state index contributed by atoms with van der Waals surface area (Å²) in [7, 11) is 0. The van der Waals surface area contributed by atoms with Crippen molar-refractivity contribution in [2.24, 2.45) is 0 Å². The lowest BCUT2D eigenvalue weighted by Gasteiger charge is -2.11. The molecule has 1 heterocycles. The molecular weight excluding hydrogens is 389 g/mol. The van der Waals surface area contributed by atoms with E-state index in [-0.39, 0.29) is 5.56 Å². The van der Waals surface area contributed by atoms with Crippen LogP contribution in [0.15, 0.2) is 47.2 Å². The fourth-order valence-corrected chi connectivity index (χ4v) is 2.66. The molecule has 0 aliphatic carbocycles. The Morgan fingerprint density at radius 1 is 1.26 bits per heavy atom. The zero-order valence-electron chi connectivity index (χ0n) is 11.4. The molecule has 6 nitrogen and oxygen atoms in total. The molecule has 0 saturated carbocycles. The Morgan fingerprint density at radius 3 is 2.78 bits per heavy atom. The van der Waals surface area contributed by atoms with E-state index in [2.05, 4.69) is 36.8 Å². The predicted molar refractivity (Wildman–Crippen MR) is 86.2 cm³/mol. The molecular formula is C14H8BrClFN5O. The maximum Gasteiger partial charge on any atom is 0.258 e. The van der Waals surface area contributed by atoms with Gasteiger partial charge in [-0.2, -0.15) is 4.68 Å². The van der Waals surface area contributed by atoms with Gasteiger partial charge in [0, 0.05) is 4.47 Å². The summed E-state index contributed by atoms with van der Waals surface area (Å²) in [5.41, 5.74) is 0.838. The van der Waals surface area contributed by atoms with Gasteiger partial charge in [0.15, 0.2) is 0 Å². The second kappa shape index (κ2) is 6.43. The maximum atomic E-state index is 13.5. The molecule has 3 rings (SSSR count).